The van der Waals surface area contributed by atoms with E-state index in [9.17, 15) is 33.0 Å². The third kappa shape index (κ3) is 8.48. The fraction of sp³-hybridized carbons (Fsp3) is 0.667. The number of allylic oxidation sites excluding steroid dienone is 1. The lowest BCUT2D eigenvalue weighted by molar-refractivity contribution is -0.154. The van der Waals surface area contributed by atoms with E-state index in [1.807, 2.05) is 6.92 Å². The largest absolute Gasteiger partial charge is 0.457 e. The van der Waals surface area contributed by atoms with Crippen molar-refractivity contribution in [3.05, 3.63) is 33.3 Å². The zero-order valence-electron chi connectivity index (χ0n) is 22.3. The highest BCUT2D eigenvalue weighted by atomic mass is 32.1. The van der Waals surface area contributed by atoms with Gasteiger partial charge < -0.3 is 14.9 Å². The predicted molar refractivity (Wildman–Crippen MR) is 137 cm³/mol. The summed E-state index contributed by atoms with van der Waals surface area (Å²) in [6, 6.07) is 0. The van der Waals surface area contributed by atoms with E-state index in [-0.39, 0.29) is 25.7 Å². The van der Waals surface area contributed by atoms with E-state index < -0.39 is 65.5 Å². The van der Waals surface area contributed by atoms with Gasteiger partial charge in [0.15, 0.2) is 0 Å². The Bertz CT molecular complexity index is 1010. The number of thiazole rings is 1. The Labute approximate surface area is 220 Å². The summed E-state index contributed by atoms with van der Waals surface area (Å²) >= 11 is 1.42. The maximum Gasteiger partial charge on any atom is 0.412 e. The van der Waals surface area contributed by atoms with Crippen molar-refractivity contribution in [3.63, 3.8) is 0 Å². The fourth-order valence-corrected chi connectivity index (χ4v) is 5.08. The zero-order chi connectivity index (χ0) is 28.1. The van der Waals surface area contributed by atoms with Gasteiger partial charge in [0.1, 0.15) is 11.9 Å². The summed E-state index contributed by atoms with van der Waals surface area (Å²) in [5.41, 5.74) is -0.966. The van der Waals surface area contributed by atoms with Crippen LogP contribution in [0.5, 0.6) is 0 Å². The van der Waals surface area contributed by atoms with Crippen molar-refractivity contribution in [3.8, 4) is 0 Å². The van der Waals surface area contributed by atoms with Gasteiger partial charge in [-0.25, -0.2) is 4.98 Å². The van der Waals surface area contributed by atoms with Gasteiger partial charge in [-0.1, -0.05) is 33.8 Å². The first-order valence-corrected chi connectivity index (χ1v) is 13.4. The Hall–Kier alpha value is -2.04. The van der Waals surface area contributed by atoms with Crippen LogP contribution in [0.25, 0.3) is 6.08 Å². The number of aliphatic hydroxyl groups excluding tert-OH is 2. The summed E-state index contributed by atoms with van der Waals surface area (Å²) in [4.78, 5) is 30.3. The van der Waals surface area contributed by atoms with E-state index in [4.69, 9.17) is 4.74 Å². The van der Waals surface area contributed by atoms with Crippen LogP contribution in [-0.2, 0) is 14.3 Å². The average Bonchev–Trinajstić information content (AvgIpc) is 3.21. The summed E-state index contributed by atoms with van der Waals surface area (Å²) in [6.07, 6.45) is -5.89. The van der Waals surface area contributed by atoms with Gasteiger partial charge >= 0.3 is 12.1 Å². The van der Waals surface area contributed by atoms with Crippen LogP contribution in [0.4, 0.5) is 13.2 Å². The third-order valence-electron chi connectivity index (χ3n) is 7.18. The molecule has 0 spiro atoms. The number of nitrogens with zero attached hydrogens (tertiary/aromatic N) is 1. The van der Waals surface area contributed by atoms with Crippen molar-refractivity contribution in [2.75, 3.05) is 0 Å². The molecule has 5 atom stereocenters. The van der Waals surface area contributed by atoms with Crippen LogP contribution in [0.15, 0.2) is 22.6 Å². The van der Waals surface area contributed by atoms with Gasteiger partial charge in [0.25, 0.3) is 0 Å². The lowest BCUT2D eigenvalue weighted by Gasteiger charge is -2.34. The average molecular weight is 546 g/mol. The molecule has 2 heterocycles. The van der Waals surface area contributed by atoms with Gasteiger partial charge in [-0.3, -0.25) is 9.59 Å². The molecule has 208 valence electrons. The van der Waals surface area contributed by atoms with Crippen LogP contribution in [0.3, 0.4) is 0 Å². The number of halogens is 3. The highest BCUT2D eigenvalue weighted by molar-refractivity contribution is 7.09. The quantitative estimate of drug-likeness (QED) is 0.360. The number of carbonyl (C=O) groups excluding carboxylic acids is 2. The van der Waals surface area contributed by atoms with Gasteiger partial charge in [-0.2, -0.15) is 13.2 Å². The molecule has 0 aromatic carbocycles. The van der Waals surface area contributed by atoms with Gasteiger partial charge in [0, 0.05) is 23.3 Å². The van der Waals surface area contributed by atoms with E-state index in [1.165, 1.54) is 32.1 Å². The number of ether oxygens (including phenoxy) is 1. The third-order valence-corrected chi connectivity index (χ3v) is 7.97. The second-order valence-corrected chi connectivity index (χ2v) is 11.6. The number of aromatic nitrogens is 1. The number of rotatable bonds is 2. The molecule has 37 heavy (non-hydrogen) atoms. The summed E-state index contributed by atoms with van der Waals surface area (Å²) in [5, 5.41) is 24.1. The van der Waals surface area contributed by atoms with Crippen molar-refractivity contribution >= 4 is 29.2 Å². The number of hydrogen-bond donors (Lipinski definition) is 2. The molecule has 6 nitrogen and oxygen atoms in total. The molecule has 0 fully saturated rings. The number of ketones is 1. The van der Waals surface area contributed by atoms with Crippen LogP contribution in [0.2, 0.25) is 0 Å². The number of aliphatic hydroxyl groups is 2. The molecule has 1 unspecified atom stereocenters. The minimum atomic E-state index is -4.56. The van der Waals surface area contributed by atoms with Crippen molar-refractivity contribution in [1.29, 1.82) is 0 Å². The normalized spacial score (nSPS) is 30.9. The first kappa shape index (κ1) is 31.2. The summed E-state index contributed by atoms with van der Waals surface area (Å²) in [7, 11) is 0. The standard InChI is InChI=1S/C27H38F3NO5S/c1-15-8-7-9-19(27(28,29)30)10-11-21(16(2)12-20-14-37-18(4)31-20)36-23(33)13-22(32)26(5,6)25(35)17(3)24(15)34/h10,12,14-15,17,21-22,24,32,34H,7-9,11,13H2,1-6H3/b16-12+,19-10+/t15-,17+,21?,22-,24-/m0/s1. The molecule has 2 rings (SSSR count). The van der Waals surface area contributed by atoms with Crippen molar-refractivity contribution in [2.24, 2.45) is 17.3 Å². The van der Waals surface area contributed by atoms with E-state index in [2.05, 4.69) is 4.98 Å². The van der Waals surface area contributed by atoms with Gasteiger partial charge in [-0.05, 0) is 50.7 Å². The predicted octanol–water partition coefficient (Wildman–Crippen LogP) is 5.81. The summed E-state index contributed by atoms with van der Waals surface area (Å²) in [5.74, 6) is -2.57. The minimum absolute atomic E-state index is 0.161. The maximum absolute atomic E-state index is 13.8. The number of aryl methyl sites for hydroxylation is 1. The van der Waals surface area contributed by atoms with Crippen LogP contribution in [0, 0.1) is 24.2 Å². The lowest BCUT2D eigenvalue weighted by atomic mass is 9.73. The Kier molecular flexibility index (Phi) is 10.7. The first-order valence-electron chi connectivity index (χ1n) is 12.5. The van der Waals surface area contributed by atoms with Crippen LogP contribution in [-0.4, -0.2) is 51.4 Å². The molecule has 0 saturated heterocycles. The van der Waals surface area contributed by atoms with Crippen molar-refractivity contribution in [1.82, 2.24) is 4.98 Å². The van der Waals surface area contributed by atoms with Crippen molar-refractivity contribution < 1.29 is 37.7 Å². The second kappa shape index (κ2) is 12.7. The summed E-state index contributed by atoms with van der Waals surface area (Å²) < 4.78 is 46.9. The first-order chi connectivity index (χ1) is 17.0. The molecule has 0 radical (unpaired) electrons. The smallest absolute Gasteiger partial charge is 0.412 e. The van der Waals surface area contributed by atoms with Gasteiger partial charge in [-0.15, -0.1) is 11.3 Å². The van der Waals surface area contributed by atoms with E-state index in [1.54, 1.807) is 25.3 Å². The summed E-state index contributed by atoms with van der Waals surface area (Å²) in [6.45, 7) is 9.73. The Morgan fingerprint density at radius 3 is 2.46 bits per heavy atom. The van der Waals surface area contributed by atoms with Crippen LogP contribution >= 0.6 is 11.3 Å². The van der Waals surface area contributed by atoms with Gasteiger partial charge in [0.05, 0.1) is 34.7 Å². The Morgan fingerprint density at radius 2 is 1.89 bits per heavy atom. The number of Topliss-reactive ketones (excluding diaryl/α,β-unsaturated/α-hetero) is 1. The molecule has 1 aliphatic heterocycles. The van der Waals surface area contributed by atoms with E-state index >= 15 is 0 Å². The lowest BCUT2D eigenvalue weighted by Crippen LogP contribution is -2.45. The van der Waals surface area contributed by atoms with Gasteiger partial charge in [0.2, 0.25) is 0 Å². The molecular weight excluding hydrogens is 507 g/mol. The SMILES string of the molecule is C/C(=C\c1csc(C)n1)C1C/C=C(/C(F)(F)F)CCC[C@H](C)[C@H](O)[C@@H](C)C(=O)C(C)(C)[C@@H](O)CC(=O)O1. The topological polar surface area (TPSA) is 96.7 Å². The molecule has 0 saturated carbocycles. The molecule has 1 aromatic heterocycles. The Morgan fingerprint density at radius 1 is 1.24 bits per heavy atom. The van der Waals surface area contributed by atoms with E-state index in [0.29, 0.717) is 11.3 Å². The number of cyclic esters (lactones) is 1. The molecule has 10 heteroatoms. The molecule has 1 aliphatic rings. The van der Waals surface area contributed by atoms with Crippen molar-refractivity contribution in [2.45, 2.75) is 98.1 Å². The molecular formula is C27H38F3NO5S. The minimum Gasteiger partial charge on any atom is -0.457 e. The van der Waals surface area contributed by atoms with Crippen LogP contribution < -0.4 is 0 Å². The molecule has 2 N–H and O–H groups in total. The molecule has 1 aromatic rings. The molecule has 0 bridgehead atoms. The number of carbonyl (C=O) groups is 2. The second-order valence-electron chi connectivity index (χ2n) is 10.6. The number of alkyl halides is 3. The number of esters is 1. The maximum atomic E-state index is 13.8. The molecule has 0 aliphatic carbocycles. The monoisotopic (exact) mass is 545 g/mol. The highest BCUT2D eigenvalue weighted by Gasteiger charge is 2.42. The van der Waals surface area contributed by atoms with Crippen LogP contribution in [0.1, 0.15) is 77.4 Å². The van der Waals surface area contributed by atoms with E-state index in [0.717, 1.165) is 11.1 Å². The fourth-order valence-electron chi connectivity index (χ4n) is 4.51. The highest BCUT2D eigenvalue weighted by Crippen LogP contribution is 2.35. The molecule has 0 amide bonds. The number of hydrogen-bond acceptors (Lipinski definition) is 7. The Balaban J connectivity index is 2.45. The zero-order valence-corrected chi connectivity index (χ0v) is 23.1.